The van der Waals surface area contributed by atoms with Crippen molar-refractivity contribution >= 4 is 22.5 Å². The third kappa shape index (κ3) is 4.53. The summed E-state index contributed by atoms with van der Waals surface area (Å²) in [5.41, 5.74) is 0. The van der Waals surface area contributed by atoms with E-state index in [9.17, 15) is 0 Å². The molecule has 0 heterocycles. The summed E-state index contributed by atoms with van der Waals surface area (Å²) in [4.78, 5) is 0. The van der Waals surface area contributed by atoms with Crippen LogP contribution in [0.1, 0.15) is 41.5 Å². The predicted octanol–water partition coefficient (Wildman–Crippen LogP) is 5.17. The Morgan fingerprint density at radius 3 is 1.00 bits per heavy atom. The largest absolute Gasteiger partial charge is 0.267 e. The van der Waals surface area contributed by atoms with E-state index in [0.717, 1.165) is 0 Å². The Balaban J connectivity index is 5.00. The zero-order valence-electron chi connectivity index (χ0n) is 12.6. The van der Waals surface area contributed by atoms with Gasteiger partial charge in [-0.2, -0.15) is 0 Å². The summed E-state index contributed by atoms with van der Waals surface area (Å²) in [6.45, 7) is 13.6. The second-order valence-corrected chi connectivity index (χ2v) is 14.5. The monoisotopic (exact) mass is 270 g/mol. The highest BCUT2D eigenvalue weighted by Gasteiger charge is 2.28. The second-order valence-electron chi connectivity index (χ2n) is 4.89. The number of hydrogen-bond acceptors (Lipinski definition) is 2. The number of nitrogens with zero attached hydrogens (tertiary/aromatic N) is 2. The molecule has 0 atom stereocenters. The molecule has 0 aliphatic carbocycles. The Morgan fingerprint density at radius 1 is 0.588 bits per heavy atom. The summed E-state index contributed by atoms with van der Waals surface area (Å²) in [5.74, 6) is 0. The molecule has 0 radical (unpaired) electrons. The van der Waals surface area contributed by atoms with Gasteiger partial charge in [-0.25, -0.2) is 0 Å². The lowest BCUT2D eigenvalue weighted by molar-refractivity contribution is 1.14. The molecule has 0 aromatic rings. The van der Waals surface area contributed by atoms with Gasteiger partial charge in [-0.05, 0) is 36.3 Å². The number of rotatable bonds is 8. The molecule has 0 aliphatic rings. The predicted molar refractivity (Wildman–Crippen MR) is 84.3 cm³/mol. The molecule has 100 valence electrons. The van der Waals surface area contributed by atoms with E-state index in [4.69, 9.17) is 9.32 Å². The zero-order valence-corrected chi connectivity index (χ0v) is 14.6. The molecule has 0 unspecified atom stereocenters. The van der Waals surface area contributed by atoms with Crippen molar-refractivity contribution in [3.8, 4) is 0 Å². The Kier molecular flexibility index (Phi) is 7.92. The van der Waals surface area contributed by atoms with Crippen LogP contribution in [0.25, 0.3) is 0 Å². The third-order valence-corrected chi connectivity index (χ3v) is 13.6. The van der Waals surface area contributed by atoms with Gasteiger partial charge < -0.3 is 0 Å². The SMILES string of the molecule is CC[Si](CC)(CC)N=C=N[Si](CC)(CC)CC. The van der Waals surface area contributed by atoms with Crippen LogP contribution >= 0.6 is 0 Å². The Morgan fingerprint density at radius 2 is 0.824 bits per heavy atom. The standard InChI is InChI=1S/C13H30N2Si2/c1-7-16(8-2,9-3)14-13-15-17(10-4,11-5)12-6/h7-12H2,1-6H3. The van der Waals surface area contributed by atoms with Gasteiger partial charge in [0.2, 0.25) is 0 Å². The van der Waals surface area contributed by atoms with Crippen LogP contribution in [0.2, 0.25) is 36.3 Å². The lowest BCUT2D eigenvalue weighted by Crippen LogP contribution is -2.30. The van der Waals surface area contributed by atoms with E-state index in [1.54, 1.807) is 0 Å². The molecular weight excluding hydrogens is 240 g/mol. The fourth-order valence-corrected chi connectivity index (χ4v) is 6.78. The van der Waals surface area contributed by atoms with E-state index >= 15 is 0 Å². The van der Waals surface area contributed by atoms with Crippen LogP contribution in [0.5, 0.6) is 0 Å². The fraction of sp³-hybridized carbons (Fsp3) is 0.923. The Bertz CT molecular complexity index is 222. The second kappa shape index (κ2) is 8.01. The van der Waals surface area contributed by atoms with Gasteiger partial charge in [0.1, 0.15) is 0 Å². The quantitative estimate of drug-likeness (QED) is 0.429. The van der Waals surface area contributed by atoms with Crippen LogP contribution in [-0.2, 0) is 0 Å². The molecule has 0 aromatic heterocycles. The van der Waals surface area contributed by atoms with Gasteiger partial charge in [-0.15, -0.1) is 0 Å². The van der Waals surface area contributed by atoms with Crippen LogP contribution in [0.4, 0.5) is 0 Å². The van der Waals surface area contributed by atoms with Gasteiger partial charge in [-0.3, -0.25) is 9.32 Å². The highest BCUT2D eigenvalue weighted by molar-refractivity contribution is 6.80. The topological polar surface area (TPSA) is 24.7 Å². The molecular formula is C13H30N2Si2. The molecule has 0 N–H and O–H groups in total. The van der Waals surface area contributed by atoms with Gasteiger partial charge in [0, 0.05) is 0 Å². The van der Waals surface area contributed by atoms with E-state index < -0.39 is 16.5 Å². The van der Waals surface area contributed by atoms with E-state index in [1.807, 2.05) is 0 Å². The summed E-state index contributed by atoms with van der Waals surface area (Å²) in [6.07, 6.45) is 0. The van der Waals surface area contributed by atoms with Crippen LogP contribution in [0.3, 0.4) is 0 Å². The van der Waals surface area contributed by atoms with E-state index in [0.29, 0.717) is 0 Å². The fourth-order valence-electron chi connectivity index (χ4n) is 2.21. The minimum atomic E-state index is -1.41. The Hall–Kier alpha value is -0.186. The molecule has 0 aromatic carbocycles. The van der Waals surface area contributed by atoms with Gasteiger partial charge in [0.25, 0.3) is 0 Å². The van der Waals surface area contributed by atoms with Gasteiger partial charge in [0.05, 0.1) is 6.01 Å². The smallest absolute Gasteiger partial charge is 0.194 e. The average Bonchev–Trinajstić information content (AvgIpc) is 2.41. The molecule has 0 amide bonds. The van der Waals surface area contributed by atoms with E-state index in [1.165, 1.54) is 36.3 Å². The summed E-state index contributed by atoms with van der Waals surface area (Å²) in [5, 5.41) is 0. The van der Waals surface area contributed by atoms with Crippen molar-refractivity contribution in [1.29, 1.82) is 0 Å². The minimum absolute atomic E-state index is 1.22. The summed E-state index contributed by atoms with van der Waals surface area (Å²) >= 11 is 0. The first-order chi connectivity index (χ1) is 8.07. The molecule has 4 heteroatoms. The van der Waals surface area contributed by atoms with Crippen molar-refractivity contribution < 1.29 is 0 Å². The maximum atomic E-state index is 4.80. The van der Waals surface area contributed by atoms with E-state index in [-0.39, 0.29) is 0 Å². The summed E-state index contributed by atoms with van der Waals surface area (Å²) in [6, 6.07) is 10.5. The molecule has 0 bridgehead atoms. The molecule has 17 heavy (non-hydrogen) atoms. The van der Waals surface area contributed by atoms with Crippen molar-refractivity contribution in [3.63, 3.8) is 0 Å². The Labute approximate surface area is 110 Å². The van der Waals surface area contributed by atoms with Crippen LogP contribution in [-0.4, -0.2) is 22.5 Å². The highest BCUT2D eigenvalue weighted by atomic mass is 28.3. The lowest BCUT2D eigenvalue weighted by Gasteiger charge is -2.22. The molecule has 0 saturated heterocycles. The van der Waals surface area contributed by atoms with Crippen LogP contribution in [0, 0.1) is 0 Å². The van der Waals surface area contributed by atoms with Crippen molar-refractivity contribution in [2.24, 2.45) is 9.32 Å². The van der Waals surface area contributed by atoms with Crippen molar-refractivity contribution in [2.75, 3.05) is 0 Å². The first-order valence-corrected chi connectivity index (χ1v) is 12.4. The minimum Gasteiger partial charge on any atom is -0.267 e. The van der Waals surface area contributed by atoms with Gasteiger partial charge in [-0.1, -0.05) is 41.5 Å². The third-order valence-electron chi connectivity index (χ3n) is 4.52. The molecule has 2 nitrogen and oxygen atoms in total. The lowest BCUT2D eigenvalue weighted by atomic mass is 10.9. The van der Waals surface area contributed by atoms with Crippen molar-refractivity contribution in [2.45, 2.75) is 77.8 Å². The molecule has 0 aliphatic heterocycles. The first kappa shape index (κ1) is 16.8. The maximum absolute atomic E-state index is 4.80. The number of hydrogen-bond donors (Lipinski definition) is 0. The summed E-state index contributed by atoms with van der Waals surface area (Å²) in [7, 11) is -2.83. The molecule has 0 saturated carbocycles. The van der Waals surface area contributed by atoms with Crippen molar-refractivity contribution in [3.05, 3.63) is 0 Å². The molecule has 0 fully saturated rings. The van der Waals surface area contributed by atoms with Crippen LogP contribution < -0.4 is 0 Å². The van der Waals surface area contributed by atoms with Crippen LogP contribution in [0.15, 0.2) is 9.32 Å². The summed E-state index contributed by atoms with van der Waals surface area (Å²) < 4.78 is 9.59. The highest BCUT2D eigenvalue weighted by Crippen LogP contribution is 2.22. The maximum Gasteiger partial charge on any atom is 0.194 e. The first-order valence-electron chi connectivity index (χ1n) is 7.26. The molecule has 0 rings (SSSR count). The van der Waals surface area contributed by atoms with E-state index in [2.05, 4.69) is 47.6 Å². The van der Waals surface area contributed by atoms with Gasteiger partial charge in [0.15, 0.2) is 16.5 Å². The molecule has 0 spiro atoms. The average molecular weight is 271 g/mol. The van der Waals surface area contributed by atoms with Crippen molar-refractivity contribution in [1.82, 2.24) is 0 Å². The van der Waals surface area contributed by atoms with Gasteiger partial charge >= 0.3 is 0 Å². The zero-order chi connectivity index (χ0) is 13.4. The normalized spacial score (nSPS) is 12.1.